The second-order valence-electron chi connectivity index (χ2n) is 5.63. The maximum absolute atomic E-state index is 6.08. The quantitative estimate of drug-likeness (QED) is 0.877. The molecule has 1 aromatic carbocycles. The third-order valence-corrected chi connectivity index (χ3v) is 4.63. The van der Waals surface area contributed by atoms with Crippen molar-refractivity contribution in [1.82, 2.24) is 5.32 Å². The van der Waals surface area contributed by atoms with Gasteiger partial charge in [0.15, 0.2) is 0 Å². The van der Waals surface area contributed by atoms with E-state index in [1.54, 1.807) is 0 Å². The molecule has 0 spiro atoms. The van der Waals surface area contributed by atoms with E-state index in [-0.39, 0.29) is 0 Å². The van der Waals surface area contributed by atoms with Crippen molar-refractivity contribution in [2.75, 3.05) is 26.3 Å². The minimum Gasteiger partial charge on any atom is -0.379 e. The van der Waals surface area contributed by atoms with Crippen LogP contribution in [0.4, 0.5) is 0 Å². The van der Waals surface area contributed by atoms with E-state index in [4.69, 9.17) is 32.7 Å². The molecule has 0 unspecified atom stereocenters. The second kappa shape index (κ2) is 10.5. The number of halogens is 2. The summed E-state index contributed by atoms with van der Waals surface area (Å²) in [5, 5.41) is 4.55. The van der Waals surface area contributed by atoms with E-state index in [1.807, 2.05) is 18.2 Å². The standard InChI is InChI=1S/C13H16Cl2O.C4H9NO/c14-12-7-4-8-13(15)11(12)9-16-10-5-2-1-3-6-10;1-3-6-4-2-5-1/h4,7-8,10H,1-3,5-6,9H2;5H,1-4H2. The Hall–Kier alpha value is -0.320. The van der Waals surface area contributed by atoms with Crippen LogP contribution in [-0.4, -0.2) is 32.4 Å². The Balaban J connectivity index is 0.000000246. The van der Waals surface area contributed by atoms with Gasteiger partial charge in [-0.25, -0.2) is 0 Å². The Labute approximate surface area is 143 Å². The molecule has 2 fully saturated rings. The fourth-order valence-corrected chi connectivity index (χ4v) is 3.13. The molecule has 5 heteroatoms. The van der Waals surface area contributed by atoms with E-state index in [2.05, 4.69) is 5.32 Å². The molecule has 1 saturated carbocycles. The highest BCUT2D eigenvalue weighted by Gasteiger charge is 2.15. The van der Waals surface area contributed by atoms with Gasteiger partial charge < -0.3 is 14.8 Å². The first kappa shape index (κ1) is 18.0. The highest BCUT2D eigenvalue weighted by atomic mass is 35.5. The molecule has 2 aliphatic rings. The minimum atomic E-state index is 0.390. The van der Waals surface area contributed by atoms with Crippen LogP contribution >= 0.6 is 23.2 Å². The molecular weight excluding hydrogens is 321 g/mol. The lowest BCUT2D eigenvalue weighted by Gasteiger charge is -2.22. The van der Waals surface area contributed by atoms with Gasteiger partial charge in [0.2, 0.25) is 0 Å². The van der Waals surface area contributed by atoms with Gasteiger partial charge in [-0.2, -0.15) is 0 Å². The Morgan fingerprint density at radius 3 is 2.18 bits per heavy atom. The third kappa shape index (κ3) is 6.43. The number of benzene rings is 1. The van der Waals surface area contributed by atoms with Gasteiger partial charge in [-0.15, -0.1) is 0 Å². The minimum absolute atomic E-state index is 0.390. The van der Waals surface area contributed by atoms with Crippen molar-refractivity contribution >= 4 is 23.2 Å². The highest BCUT2D eigenvalue weighted by molar-refractivity contribution is 6.35. The third-order valence-electron chi connectivity index (χ3n) is 3.92. The monoisotopic (exact) mass is 345 g/mol. The maximum atomic E-state index is 6.08. The molecule has 124 valence electrons. The molecule has 1 aliphatic carbocycles. The molecule has 1 heterocycles. The van der Waals surface area contributed by atoms with E-state index in [0.29, 0.717) is 22.8 Å². The lowest BCUT2D eigenvalue weighted by Crippen LogP contribution is -2.30. The first-order valence-electron chi connectivity index (χ1n) is 8.10. The molecular formula is C17H25Cl2NO2. The van der Waals surface area contributed by atoms with Gasteiger partial charge in [0.05, 0.1) is 25.9 Å². The molecule has 1 saturated heterocycles. The summed E-state index contributed by atoms with van der Waals surface area (Å²) in [5.41, 5.74) is 0.913. The van der Waals surface area contributed by atoms with Crippen LogP contribution in [-0.2, 0) is 16.1 Å². The summed E-state index contributed by atoms with van der Waals surface area (Å²) in [6, 6.07) is 5.56. The summed E-state index contributed by atoms with van der Waals surface area (Å²) in [6.07, 6.45) is 6.62. The van der Waals surface area contributed by atoms with Crippen LogP contribution in [0, 0.1) is 0 Å². The number of rotatable bonds is 3. The summed E-state index contributed by atoms with van der Waals surface area (Å²) in [5.74, 6) is 0. The summed E-state index contributed by atoms with van der Waals surface area (Å²) in [7, 11) is 0. The van der Waals surface area contributed by atoms with Gasteiger partial charge >= 0.3 is 0 Å². The van der Waals surface area contributed by atoms with E-state index in [9.17, 15) is 0 Å². The first-order valence-corrected chi connectivity index (χ1v) is 8.86. The van der Waals surface area contributed by atoms with Gasteiger partial charge in [0, 0.05) is 28.7 Å². The SMILES string of the molecule is C1COCCN1.Clc1cccc(Cl)c1COC1CCCCC1. The number of hydrogen-bond donors (Lipinski definition) is 1. The molecule has 0 atom stereocenters. The number of ether oxygens (including phenoxy) is 2. The average Bonchev–Trinajstić information content (AvgIpc) is 2.58. The maximum Gasteiger partial charge on any atom is 0.0749 e. The highest BCUT2D eigenvalue weighted by Crippen LogP contribution is 2.27. The molecule has 1 N–H and O–H groups in total. The van der Waals surface area contributed by atoms with Crippen molar-refractivity contribution in [1.29, 1.82) is 0 Å². The molecule has 0 radical (unpaired) electrons. The predicted molar refractivity (Wildman–Crippen MR) is 91.8 cm³/mol. The van der Waals surface area contributed by atoms with Crippen LogP contribution in [0.2, 0.25) is 10.0 Å². The molecule has 22 heavy (non-hydrogen) atoms. The number of hydrogen-bond acceptors (Lipinski definition) is 3. The van der Waals surface area contributed by atoms with Crippen molar-refractivity contribution in [3.63, 3.8) is 0 Å². The zero-order valence-electron chi connectivity index (χ0n) is 13.0. The van der Waals surface area contributed by atoms with Crippen molar-refractivity contribution in [2.24, 2.45) is 0 Å². The summed E-state index contributed by atoms with van der Waals surface area (Å²) in [4.78, 5) is 0. The fraction of sp³-hybridized carbons (Fsp3) is 0.647. The smallest absolute Gasteiger partial charge is 0.0749 e. The summed E-state index contributed by atoms with van der Waals surface area (Å²) in [6.45, 7) is 4.36. The van der Waals surface area contributed by atoms with Crippen molar-refractivity contribution in [3.8, 4) is 0 Å². The Kier molecular flexibility index (Phi) is 8.56. The van der Waals surface area contributed by atoms with E-state index in [0.717, 1.165) is 31.9 Å². The molecule has 0 amide bonds. The van der Waals surface area contributed by atoms with Gasteiger partial charge in [-0.1, -0.05) is 48.5 Å². The zero-order chi connectivity index (χ0) is 15.6. The van der Waals surface area contributed by atoms with Crippen LogP contribution in [0.25, 0.3) is 0 Å². The van der Waals surface area contributed by atoms with Crippen LogP contribution < -0.4 is 5.32 Å². The Morgan fingerprint density at radius 1 is 1.05 bits per heavy atom. The topological polar surface area (TPSA) is 30.5 Å². The lowest BCUT2D eigenvalue weighted by atomic mass is 9.98. The molecule has 3 rings (SSSR count). The van der Waals surface area contributed by atoms with Gasteiger partial charge in [0.25, 0.3) is 0 Å². The first-order chi connectivity index (χ1) is 10.8. The molecule has 1 aromatic rings. The number of morpholine rings is 1. The average molecular weight is 346 g/mol. The van der Waals surface area contributed by atoms with Gasteiger partial charge in [0.1, 0.15) is 0 Å². The normalized spacial score (nSPS) is 19.4. The summed E-state index contributed by atoms with van der Waals surface area (Å²) < 4.78 is 10.9. The van der Waals surface area contributed by atoms with E-state index in [1.165, 1.54) is 32.1 Å². The fourth-order valence-electron chi connectivity index (χ4n) is 2.62. The molecule has 0 aromatic heterocycles. The Morgan fingerprint density at radius 2 is 1.68 bits per heavy atom. The van der Waals surface area contributed by atoms with Crippen LogP contribution in [0.1, 0.15) is 37.7 Å². The van der Waals surface area contributed by atoms with E-state index < -0.39 is 0 Å². The van der Waals surface area contributed by atoms with Crippen LogP contribution in [0.3, 0.4) is 0 Å². The van der Waals surface area contributed by atoms with Crippen molar-refractivity contribution in [2.45, 2.75) is 44.8 Å². The Bertz CT molecular complexity index is 401. The van der Waals surface area contributed by atoms with Crippen molar-refractivity contribution in [3.05, 3.63) is 33.8 Å². The second-order valence-corrected chi connectivity index (χ2v) is 6.45. The predicted octanol–water partition coefficient (Wildman–Crippen LogP) is 4.45. The zero-order valence-corrected chi connectivity index (χ0v) is 14.5. The lowest BCUT2D eigenvalue weighted by molar-refractivity contribution is 0.0169. The van der Waals surface area contributed by atoms with Gasteiger partial charge in [-0.3, -0.25) is 0 Å². The van der Waals surface area contributed by atoms with E-state index >= 15 is 0 Å². The molecule has 1 aliphatic heterocycles. The van der Waals surface area contributed by atoms with Gasteiger partial charge in [-0.05, 0) is 25.0 Å². The molecule has 3 nitrogen and oxygen atoms in total. The van der Waals surface area contributed by atoms with Crippen molar-refractivity contribution < 1.29 is 9.47 Å². The summed E-state index contributed by atoms with van der Waals surface area (Å²) >= 11 is 12.2. The molecule has 0 bridgehead atoms. The largest absolute Gasteiger partial charge is 0.379 e. The van der Waals surface area contributed by atoms with Crippen LogP contribution in [0.5, 0.6) is 0 Å². The number of nitrogens with one attached hydrogen (secondary N) is 1. The van der Waals surface area contributed by atoms with Crippen LogP contribution in [0.15, 0.2) is 18.2 Å².